The third-order valence-electron chi connectivity index (χ3n) is 3.50. The minimum Gasteiger partial charge on any atom is -0.369 e. The zero-order valence-electron chi connectivity index (χ0n) is 10.4. The number of aromatic nitrogens is 1. The van der Waals surface area contributed by atoms with Gasteiger partial charge in [-0.15, -0.1) is 0 Å². The Balaban J connectivity index is 1.75. The molecule has 0 aliphatic carbocycles. The van der Waals surface area contributed by atoms with E-state index in [2.05, 4.69) is 0 Å². The summed E-state index contributed by atoms with van der Waals surface area (Å²) in [5, 5.41) is 0. The molecular weight excluding hydrogens is 230 g/mol. The lowest BCUT2D eigenvalue weighted by atomic mass is 9.96. The molecule has 2 N–H and O–H groups in total. The van der Waals surface area contributed by atoms with Gasteiger partial charge in [-0.1, -0.05) is 0 Å². The molecule has 1 fully saturated rings. The van der Waals surface area contributed by atoms with Crippen molar-refractivity contribution in [3.63, 3.8) is 0 Å². The molecule has 0 aromatic carbocycles. The van der Waals surface area contributed by atoms with Crippen molar-refractivity contribution < 1.29 is 9.59 Å². The Morgan fingerprint density at radius 3 is 2.33 bits per heavy atom. The zero-order valence-corrected chi connectivity index (χ0v) is 10.4. The number of carbonyl (C=O) groups is 2. The molecule has 0 unspecified atom stereocenters. The fourth-order valence-electron chi connectivity index (χ4n) is 2.32. The highest BCUT2D eigenvalue weighted by Crippen LogP contribution is 2.17. The van der Waals surface area contributed by atoms with E-state index in [1.54, 1.807) is 0 Å². The average Bonchev–Trinajstić information content (AvgIpc) is 2.89. The molecule has 2 heterocycles. The number of nitrogens with zero attached hydrogens (tertiary/aromatic N) is 2. The number of piperidine rings is 1. The predicted octanol–water partition coefficient (Wildman–Crippen LogP) is 0.602. The Morgan fingerprint density at radius 2 is 1.78 bits per heavy atom. The highest BCUT2D eigenvalue weighted by molar-refractivity contribution is 5.78. The molecule has 5 nitrogen and oxygen atoms in total. The number of hydrogen-bond acceptors (Lipinski definition) is 2. The number of likely N-dealkylation sites (tertiary alicyclic amines) is 1. The monoisotopic (exact) mass is 249 g/mol. The lowest BCUT2D eigenvalue weighted by Gasteiger charge is -2.30. The maximum absolute atomic E-state index is 12.0. The van der Waals surface area contributed by atoms with E-state index in [1.807, 2.05) is 34.0 Å². The Morgan fingerprint density at radius 1 is 1.17 bits per heavy atom. The van der Waals surface area contributed by atoms with Crippen LogP contribution in [0.4, 0.5) is 0 Å². The molecule has 0 atom stereocenters. The average molecular weight is 249 g/mol. The normalized spacial score (nSPS) is 16.8. The highest BCUT2D eigenvalue weighted by atomic mass is 16.2. The maximum atomic E-state index is 12.0. The summed E-state index contributed by atoms with van der Waals surface area (Å²) >= 11 is 0. The fourth-order valence-corrected chi connectivity index (χ4v) is 2.32. The van der Waals surface area contributed by atoms with E-state index in [-0.39, 0.29) is 17.7 Å². The Bertz CT molecular complexity index is 406. The summed E-state index contributed by atoms with van der Waals surface area (Å²) in [5.41, 5.74) is 5.27. The summed E-state index contributed by atoms with van der Waals surface area (Å²) in [6, 6.07) is 3.89. The lowest BCUT2D eigenvalue weighted by Crippen LogP contribution is -2.41. The summed E-state index contributed by atoms with van der Waals surface area (Å²) in [7, 11) is 0. The molecule has 1 aliphatic heterocycles. The quantitative estimate of drug-likeness (QED) is 0.849. The summed E-state index contributed by atoms with van der Waals surface area (Å²) in [6.45, 7) is 2.01. The first-order valence-electron chi connectivity index (χ1n) is 6.34. The minimum atomic E-state index is -0.241. The van der Waals surface area contributed by atoms with Crippen molar-refractivity contribution in [3.8, 4) is 0 Å². The fraction of sp³-hybridized carbons (Fsp3) is 0.538. The van der Waals surface area contributed by atoms with Gasteiger partial charge in [0, 0.05) is 44.4 Å². The lowest BCUT2D eigenvalue weighted by molar-refractivity contribution is -0.135. The van der Waals surface area contributed by atoms with Crippen LogP contribution in [0.25, 0.3) is 0 Å². The molecule has 2 rings (SSSR count). The van der Waals surface area contributed by atoms with Crippen molar-refractivity contribution in [2.45, 2.75) is 25.8 Å². The topological polar surface area (TPSA) is 68.3 Å². The molecule has 0 radical (unpaired) electrons. The van der Waals surface area contributed by atoms with Crippen LogP contribution in [0.2, 0.25) is 0 Å². The van der Waals surface area contributed by atoms with Gasteiger partial charge in [-0.25, -0.2) is 0 Å². The van der Waals surface area contributed by atoms with Crippen molar-refractivity contribution in [2.24, 2.45) is 11.7 Å². The van der Waals surface area contributed by atoms with Gasteiger partial charge >= 0.3 is 0 Å². The Kier molecular flexibility index (Phi) is 4.02. The first-order chi connectivity index (χ1) is 8.66. The van der Waals surface area contributed by atoms with E-state index in [4.69, 9.17) is 5.73 Å². The molecule has 98 valence electrons. The highest BCUT2D eigenvalue weighted by Gasteiger charge is 2.25. The molecule has 2 amide bonds. The van der Waals surface area contributed by atoms with Gasteiger partial charge in [0.2, 0.25) is 11.8 Å². The number of amides is 2. The molecule has 18 heavy (non-hydrogen) atoms. The number of hydrogen-bond donors (Lipinski definition) is 1. The van der Waals surface area contributed by atoms with Crippen LogP contribution in [-0.2, 0) is 16.1 Å². The van der Waals surface area contributed by atoms with Crippen molar-refractivity contribution in [1.82, 2.24) is 9.47 Å². The van der Waals surface area contributed by atoms with Gasteiger partial charge in [-0.3, -0.25) is 9.59 Å². The van der Waals surface area contributed by atoms with E-state index in [0.717, 1.165) is 0 Å². The zero-order chi connectivity index (χ0) is 13.0. The third-order valence-corrected chi connectivity index (χ3v) is 3.50. The van der Waals surface area contributed by atoms with E-state index in [1.165, 1.54) is 0 Å². The largest absolute Gasteiger partial charge is 0.369 e. The molecule has 1 saturated heterocycles. The smallest absolute Gasteiger partial charge is 0.224 e. The summed E-state index contributed by atoms with van der Waals surface area (Å²) in [5.74, 6) is -0.139. The van der Waals surface area contributed by atoms with Crippen LogP contribution >= 0.6 is 0 Å². The van der Waals surface area contributed by atoms with E-state index < -0.39 is 0 Å². The van der Waals surface area contributed by atoms with Gasteiger partial charge in [0.15, 0.2) is 0 Å². The maximum Gasteiger partial charge on any atom is 0.224 e. The van der Waals surface area contributed by atoms with Crippen LogP contribution in [0.15, 0.2) is 24.5 Å². The van der Waals surface area contributed by atoms with Gasteiger partial charge in [0.25, 0.3) is 0 Å². The van der Waals surface area contributed by atoms with Crippen molar-refractivity contribution in [2.75, 3.05) is 13.1 Å². The summed E-state index contributed by atoms with van der Waals surface area (Å²) in [4.78, 5) is 24.8. The van der Waals surface area contributed by atoms with Gasteiger partial charge in [-0.2, -0.15) is 0 Å². The molecule has 0 bridgehead atoms. The van der Waals surface area contributed by atoms with Crippen molar-refractivity contribution >= 4 is 11.8 Å². The molecular formula is C13H19N3O2. The third kappa shape index (κ3) is 3.12. The molecule has 5 heteroatoms. The second kappa shape index (κ2) is 5.71. The van der Waals surface area contributed by atoms with E-state index in [0.29, 0.717) is 38.9 Å². The van der Waals surface area contributed by atoms with Crippen molar-refractivity contribution in [3.05, 3.63) is 24.5 Å². The van der Waals surface area contributed by atoms with Crippen LogP contribution in [0.1, 0.15) is 19.3 Å². The van der Waals surface area contributed by atoms with E-state index >= 15 is 0 Å². The molecule has 1 aromatic heterocycles. The summed E-state index contributed by atoms with van der Waals surface area (Å²) < 4.78 is 1.99. The first-order valence-corrected chi connectivity index (χ1v) is 6.34. The molecule has 1 aromatic rings. The predicted molar refractivity (Wildman–Crippen MR) is 67.5 cm³/mol. The standard InChI is InChI=1S/C13H19N3O2/c14-13(18)11-3-9-16(10-4-11)12(17)5-8-15-6-1-2-7-15/h1-2,6-7,11H,3-5,8-10H2,(H2,14,18). The second-order valence-electron chi connectivity index (χ2n) is 4.73. The number of rotatable bonds is 4. The minimum absolute atomic E-state index is 0.0569. The van der Waals surface area contributed by atoms with Crippen LogP contribution in [-0.4, -0.2) is 34.4 Å². The van der Waals surface area contributed by atoms with Crippen LogP contribution in [0, 0.1) is 5.92 Å². The van der Waals surface area contributed by atoms with Crippen molar-refractivity contribution in [1.29, 1.82) is 0 Å². The Labute approximate surface area is 107 Å². The molecule has 1 aliphatic rings. The second-order valence-corrected chi connectivity index (χ2v) is 4.73. The van der Waals surface area contributed by atoms with Gasteiger partial charge in [-0.05, 0) is 25.0 Å². The Hall–Kier alpha value is -1.78. The number of aryl methyl sites for hydroxylation is 1. The number of nitrogens with two attached hydrogens (primary N) is 1. The van der Waals surface area contributed by atoms with Gasteiger partial charge in [0.05, 0.1) is 0 Å². The number of carbonyl (C=O) groups excluding carboxylic acids is 2. The SMILES string of the molecule is NC(=O)C1CCN(C(=O)CCn2cccc2)CC1. The van der Waals surface area contributed by atoms with E-state index in [9.17, 15) is 9.59 Å². The number of primary amides is 1. The van der Waals surface area contributed by atoms with Crippen LogP contribution < -0.4 is 5.73 Å². The molecule has 0 spiro atoms. The summed E-state index contributed by atoms with van der Waals surface area (Å²) in [6.07, 6.45) is 5.81. The molecule has 0 saturated carbocycles. The van der Waals surface area contributed by atoms with Crippen LogP contribution in [0.3, 0.4) is 0 Å². The first kappa shape index (κ1) is 12.7. The van der Waals surface area contributed by atoms with Crippen LogP contribution in [0.5, 0.6) is 0 Å². The van der Waals surface area contributed by atoms with Gasteiger partial charge < -0.3 is 15.2 Å². The van der Waals surface area contributed by atoms with Gasteiger partial charge in [0.1, 0.15) is 0 Å².